The van der Waals surface area contributed by atoms with Gasteiger partial charge in [0.15, 0.2) is 0 Å². The molecule has 1 saturated carbocycles. The summed E-state index contributed by atoms with van der Waals surface area (Å²) in [5.74, 6) is -0.152. The Labute approximate surface area is 89.8 Å². The molecule has 1 atom stereocenters. The lowest BCUT2D eigenvalue weighted by atomic mass is 9.95. The molecule has 0 bridgehead atoms. The number of rotatable bonds is 3. The van der Waals surface area contributed by atoms with Crippen LogP contribution in [0.5, 0.6) is 0 Å². The van der Waals surface area contributed by atoms with E-state index in [0.29, 0.717) is 0 Å². The van der Waals surface area contributed by atoms with E-state index in [1.165, 1.54) is 19.3 Å². The van der Waals surface area contributed by atoms with E-state index in [1.54, 1.807) is 6.92 Å². The van der Waals surface area contributed by atoms with E-state index in [2.05, 4.69) is 10.6 Å². The second-order valence-electron chi connectivity index (χ2n) is 4.07. The van der Waals surface area contributed by atoms with Gasteiger partial charge in [-0.2, -0.15) is 0 Å². The number of carbonyl (C=O) groups excluding carboxylic acids is 2. The highest BCUT2D eigenvalue weighted by Crippen LogP contribution is 2.17. The van der Waals surface area contributed by atoms with E-state index < -0.39 is 12.1 Å². The molecular formula is C10H19N3O2. The minimum Gasteiger partial charge on any atom is -0.352 e. The summed E-state index contributed by atoms with van der Waals surface area (Å²) in [7, 11) is 0. The predicted molar refractivity (Wildman–Crippen MR) is 57.2 cm³/mol. The van der Waals surface area contributed by atoms with E-state index in [-0.39, 0.29) is 11.9 Å². The lowest BCUT2D eigenvalue weighted by molar-refractivity contribution is -0.123. The van der Waals surface area contributed by atoms with Crippen LogP contribution in [0.25, 0.3) is 0 Å². The molecule has 1 aliphatic carbocycles. The summed E-state index contributed by atoms with van der Waals surface area (Å²) in [4.78, 5) is 22.1. The zero-order valence-corrected chi connectivity index (χ0v) is 9.08. The fourth-order valence-electron chi connectivity index (χ4n) is 1.85. The van der Waals surface area contributed by atoms with Gasteiger partial charge in [-0.1, -0.05) is 19.3 Å². The van der Waals surface area contributed by atoms with Gasteiger partial charge < -0.3 is 16.4 Å². The Kier molecular flexibility index (Phi) is 4.39. The topological polar surface area (TPSA) is 84.2 Å². The monoisotopic (exact) mass is 213 g/mol. The van der Waals surface area contributed by atoms with Gasteiger partial charge in [0.1, 0.15) is 6.04 Å². The minimum absolute atomic E-state index is 0.152. The maximum atomic E-state index is 11.6. The molecule has 0 aromatic rings. The minimum atomic E-state index is -0.665. The average molecular weight is 213 g/mol. The summed E-state index contributed by atoms with van der Waals surface area (Å²) in [6.07, 6.45) is 5.66. The third-order valence-electron chi connectivity index (χ3n) is 2.70. The predicted octanol–water partition coefficient (Wildman–Crippen LogP) is 0.492. The van der Waals surface area contributed by atoms with Crippen LogP contribution in [0.2, 0.25) is 0 Å². The molecule has 0 aromatic carbocycles. The van der Waals surface area contributed by atoms with Crippen LogP contribution in [0.3, 0.4) is 0 Å². The number of amides is 3. The van der Waals surface area contributed by atoms with Gasteiger partial charge in [-0.25, -0.2) is 4.79 Å². The number of primary amides is 1. The van der Waals surface area contributed by atoms with Gasteiger partial charge in [0.25, 0.3) is 0 Å². The fourth-order valence-corrected chi connectivity index (χ4v) is 1.85. The highest BCUT2D eigenvalue weighted by molar-refractivity contribution is 5.86. The number of nitrogens with two attached hydrogens (primary N) is 1. The van der Waals surface area contributed by atoms with Crippen LogP contribution >= 0.6 is 0 Å². The number of hydrogen-bond donors (Lipinski definition) is 3. The zero-order chi connectivity index (χ0) is 11.3. The number of urea groups is 1. The van der Waals surface area contributed by atoms with E-state index in [4.69, 9.17) is 5.73 Å². The first-order valence-corrected chi connectivity index (χ1v) is 5.46. The fraction of sp³-hybridized carbons (Fsp3) is 0.800. The Morgan fingerprint density at radius 3 is 2.40 bits per heavy atom. The van der Waals surface area contributed by atoms with Crippen molar-refractivity contribution in [3.8, 4) is 0 Å². The average Bonchev–Trinajstić information content (AvgIpc) is 2.18. The molecule has 0 unspecified atom stereocenters. The molecule has 0 aromatic heterocycles. The quantitative estimate of drug-likeness (QED) is 0.637. The first kappa shape index (κ1) is 11.8. The smallest absolute Gasteiger partial charge is 0.312 e. The van der Waals surface area contributed by atoms with Crippen molar-refractivity contribution in [2.45, 2.75) is 51.1 Å². The molecule has 1 rings (SSSR count). The molecule has 5 heteroatoms. The summed E-state index contributed by atoms with van der Waals surface area (Å²) in [5.41, 5.74) is 4.93. The Morgan fingerprint density at radius 1 is 1.27 bits per heavy atom. The molecule has 5 nitrogen and oxygen atoms in total. The van der Waals surface area contributed by atoms with Crippen molar-refractivity contribution in [1.82, 2.24) is 10.6 Å². The normalized spacial score (nSPS) is 19.3. The molecule has 3 amide bonds. The molecular weight excluding hydrogens is 194 g/mol. The third kappa shape index (κ3) is 4.18. The Balaban J connectivity index is 2.30. The second-order valence-corrected chi connectivity index (χ2v) is 4.07. The SMILES string of the molecule is C[C@@H](NC(N)=O)C(=O)NC1CCCCC1. The van der Waals surface area contributed by atoms with Gasteiger partial charge in [0.05, 0.1) is 0 Å². The van der Waals surface area contributed by atoms with Crippen LogP contribution in [0.1, 0.15) is 39.0 Å². The molecule has 86 valence electrons. The van der Waals surface area contributed by atoms with Gasteiger partial charge in [0, 0.05) is 6.04 Å². The second kappa shape index (κ2) is 5.58. The first-order chi connectivity index (χ1) is 7.09. The summed E-state index contributed by atoms with van der Waals surface area (Å²) in [6.45, 7) is 1.63. The van der Waals surface area contributed by atoms with Crippen molar-refractivity contribution in [2.75, 3.05) is 0 Å². The van der Waals surface area contributed by atoms with Gasteiger partial charge in [-0.3, -0.25) is 4.79 Å². The highest BCUT2D eigenvalue weighted by Gasteiger charge is 2.19. The molecule has 4 N–H and O–H groups in total. The number of hydrogen-bond acceptors (Lipinski definition) is 2. The Bertz CT molecular complexity index is 237. The van der Waals surface area contributed by atoms with Crippen LogP contribution in [0.15, 0.2) is 0 Å². The van der Waals surface area contributed by atoms with Crippen LogP contribution in [0.4, 0.5) is 4.79 Å². The third-order valence-corrected chi connectivity index (χ3v) is 2.70. The largest absolute Gasteiger partial charge is 0.352 e. The van der Waals surface area contributed by atoms with Crippen molar-refractivity contribution < 1.29 is 9.59 Å². The summed E-state index contributed by atoms with van der Waals surface area (Å²) < 4.78 is 0. The lowest BCUT2D eigenvalue weighted by Gasteiger charge is -2.24. The maximum absolute atomic E-state index is 11.6. The maximum Gasteiger partial charge on any atom is 0.312 e. The molecule has 0 aliphatic heterocycles. The van der Waals surface area contributed by atoms with E-state index in [1.807, 2.05) is 0 Å². The zero-order valence-electron chi connectivity index (χ0n) is 9.08. The molecule has 0 spiro atoms. The molecule has 0 heterocycles. The lowest BCUT2D eigenvalue weighted by Crippen LogP contribution is -2.49. The summed E-state index contributed by atoms with van der Waals surface area (Å²) in [6, 6.07) is -0.950. The van der Waals surface area contributed by atoms with Crippen LogP contribution in [-0.4, -0.2) is 24.0 Å². The number of carbonyl (C=O) groups is 2. The summed E-state index contributed by atoms with van der Waals surface area (Å²) >= 11 is 0. The van der Waals surface area contributed by atoms with E-state index >= 15 is 0 Å². The molecule has 1 fully saturated rings. The Morgan fingerprint density at radius 2 is 1.87 bits per heavy atom. The Hall–Kier alpha value is -1.26. The van der Waals surface area contributed by atoms with Crippen LogP contribution in [-0.2, 0) is 4.79 Å². The van der Waals surface area contributed by atoms with Crippen LogP contribution in [0, 0.1) is 0 Å². The molecule has 15 heavy (non-hydrogen) atoms. The van der Waals surface area contributed by atoms with Crippen molar-refractivity contribution in [3.05, 3.63) is 0 Å². The standard InChI is InChI=1S/C10H19N3O2/c1-7(12-10(11)15)9(14)13-8-5-3-2-4-6-8/h7-8H,2-6H2,1H3,(H,13,14)(H3,11,12,15)/t7-/m1/s1. The van der Waals surface area contributed by atoms with Crippen molar-refractivity contribution >= 4 is 11.9 Å². The van der Waals surface area contributed by atoms with Crippen molar-refractivity contribution in [2.24, 2.45) is 5.73 Å². The number of nitrogens with one attached hydrogen (secondary N) is 2. The molecule has 0 radical (unpaired) electrons. The molecule has 0 saturated heterocycles. The van der Waals surface area contributed by atoms with Gasteiger partial charge in [-0.05, 0) is 19.8 Å². The van der Waals surface area contributed by atoms with E-state index in [9.17, 15) is 9.59 Å². The first-order valence-electron chi connectivity index (χ1n) is 5.46. The van der Waals surface area contributed by atoms with Gasteiger partial charge in [-0.15, -0.1) is 0 Å². The van der Waals surface area contributed by atoms with Crippen molar-refractivity contribution in [3.63, 3.8) is 0 Å². The summed E-state index contributed by atoms with van der Waals surface area (Å²) in [5, 5.41) is 5.27. The van der Waals surface area contributed by atoms with Crippen LogP contribution < -0.4 is 16.4 Å². The van der Waals surface area contributed by atoms with Crippen molar-refractivity contribution in [1.29, 1.82) is 0 Å². The van der Waals surface area contributed by atoms with E-state index in [0.717, 1.165) is 12.8 Å². The highest BCUT2D eigenvalue weighted by atomic mass is 16.2. The van der Waals surface area contributed by atoms with Gasteiger partial charge in [0.2, 0.25) is 5.91 Å². The van der Waals surface area contributed by atoms with Gasteiger partial charge >= 0.3 is 6.03 Å². The molecule has 1 aliphatic rings.